The van der Waals surface area contributed by atoms with Crippen molar-refractivity contribution in [2.24, 2.45) is 0 Å². The molecule has 1 aromatic carbocycles. The van der Waals surface area contributed by atoms with Gasteiger partial charge in [-0.25, -0.2) is 19.2 Å². The number of amides is 1. The first-order chi connectivity index (χ1) is 15.6. The van der Waals surface area contributed by atoms with Crippen molar-refractivity contribution in [2.75, 3.05) is 12.0 Å². The number of ketones is 1. The number of ether oxygens (including phenoxy) is 1. The topological polar surface area (TPSA) is 110 Å². The van der Waals surface area contributed by atoms with E-state index in [0.717, 1.165) is 27.6 Å². The highest BCUT2D eigenvalue weighted by molar-refractivity contribution is 7.17. The van der Waals surface area contributed by atoms with Crippen LogP contribution < -0.4 is 4.90 Å². The molecular weight excluding hydrogens is 469 g/mol. The van der Waals surface area contributed by atoms with Crippen molar-refractivity contribution in [1.82, 2.24) is 9.97 Å². The molecule has 0 fully saturated rings. The number of thiazole rings is 2. The molecule has 1 N–H and O–H groups in total. The SMILES string of the molecule is COC(=O)c1sc(N2C(=O)C(O)=C(C(=O)c3sc(C)nc3C)C2c2ccccc2F)nc1C. The minimum absolute atomic E-state index is 0.00427. The van der Waals surface area contributed by atoms with Crippen LogP contribution in [0.5, 0.6) is 0 Å². The molecule has 8 nitrogen and oxygen atoms in total. The number of methoxy groups -OCH3 is 1. The smallest absolute Gasteiger partial charge is 0.350 e. The summed E-state index contributed by atoms with van der Waals surface area (Å²) in [5.41, 5.74) is 0.475. The van der Waals surface area contributed by atoms with Crippen LogP contribution in [-0.4, -0.2) is 39.8 Å². The van der Waals surface area contributed by atoms with Gasteiger partial charge >= 0.3 is 5.97 Å². The number of nitrogens with zero attached hydrogens (tertiary/aromatic N) is 3. The van der Waals surface area contributed by atoms with Crippen molar-refractivity contribution < 1.29 is 28.6 Å². The minimum Gasteiger partial charge on any atom is -0.503 e. The normalized spacial score (nSPS) is 16.0. The first kappa shape index (κ1) is 22.7. The fourth-order valence-corrected chi connectivity index (χ4v) is 5.54. The van der Waals surface area contributed by atoms with Gasteiger partial charge in [0.25, 0.3) is 5.91 Å². The first-order valence-electron chi connectivity index (χ1n) is 9.71. The Bertz CT molecular complexity index is 1340. The van der Waals surface area contributed by atoms with Crippen LogP contribution in [0, 0.1) is 26.6 Å². The Hall–Kier alpha value is -3.44. The van der Waals surface area contributed by atoms with Gasteiger partial charge in [0.2, 0.25) is 5.78 Å². The zero-order valence-electron chi connectivity index (χ0n) is 18.0. The second kappa shape index (κ2) is 8.49. The molecule has 4 rings (SSSR count). The summed E-state index contributed by atoms with van der Waals surface area (Å²) >= 11 is 1.98. The number of halogens is 1. The highest BCUT2D eigenvalue weighted by Gasteiger charge is 2.47. The van der Waals surface area contributed by atoms with Crippen LogP contribution in [0.25, 0.3) is 0 Å². The van der Waals surface area contributed by atoms with Gasteiger partial charge in [-0.05, 0) is 26.8 Å². The third-order valence-electron chi connectivity index (χ3n) is 5.12. The predicted octanol–water partition coefficient (Wildman–Crippen LogP) is 4.23. The van der Waals surface area contributed by atoms with Crippen LogP contribution in [0.3, 0.4) is 0 Å². The highest BCUT2D eigenvalue weighted by atomic mass is 32.1. The summed E-state index contributed by atoms with van der Waals surface area (Å²) in [6, 6.07) is 4.38. The Morgan fingerprint density at radius 3 is 2.36 bits per heavy atom. The third kappa shape index (κ3) is 3.72. The predicted molar refractivity (Wildman–Crippen MR) is 120 cm³/mol. The number of carbonyl (C=O) groups excluding carboxylic acids is 3. The van der Waals surface area contributed by atoms with Crippen LogP contribution in [-0.2, 0) is 9.53 Å². The van der Waals surface area contributed by atoms with E-state index in [2.05, 4.69) is 9.97 Å². The van der Waals surface area contributed by atoms with Gasteiger partial charge in [0.05, 0.1) is 34.0 Å². The molecule has 1 amide bonds. The monoisotopic (exact) mass is 487 g/mol. The van der Waals surface area contributed by atoms with Crippen molar-refractivity contribution in [2.45, 2.75) is 26.8 Å². The van der Waals surface area contributed by atoms with E-state index in [9.17, 15) is 23.9 Å². The number of anilines is 1. The lowest BCUT2D eigenvalue weighted by atomic mass is 9.95. The molecule has 0 saturated heterocycles. The highest BCUT2D eigenvalue weighted by Crippen LogP contribution is 2.45. The number of aryl methyl sites for hydroxylation is 3. The number of aliphatic hydroxyl groups excluding tert-OH is 1. The molecule has 0 spiro atoms. The van der Waals surface area contributed by atoms with Gasteiger partial charge in [-0.3, -0.25) is 14.5 Å². The van der Waals surface area contributed by atoms with Crippen molar-refractivity contribution in [1.29, 1.82) is 0 Å². The molecule has 0 bridgehead atoms. The molecular formula is C22H18FN3O5S2. The summed E-state index contributed by atoms with van der Waals surface area (Å²) in [4.78, 5) is 48.7. The van der Waals surface area contributed by atoms with E-state index in [4.69, 9.17) is 4.74 Å². The molecule has 1 aliphatic rings. The standard InChI is InChI=1S/C22H18FN3O5S2/c1-9-18(32-11(3)24-9)16(27)14-15(12-7-5-6-8-13(12)23)26(20(29)17(14)28)22-25-10(2)19(33-22)21(30)31-4/h5-8,15,28H,1-4H3. The average Bonchev–Trinajstić information content (AvgIpc) is 3.40. The Labute approximate surface area is 196 Å². The molecule has 1 atom stereocenters. The van der Waals surface area contributed by atoms with Gasteiger partial charge in [0, 0.05) is 5.56 Å². The largest absolute Gasteiger partial charge is 0.503 e. The number of aliphatic hydroxyl groups is 1. The molecule has 1 unspecified atom stereocenters. The summed E-state index contributed by atoms with van der Waals surface area (Å²) in [6.45, 7) is 4.94. The molecule has 3 aromatic rings. The molecule has 1 aliphatic heterocycles. The zero-order chi connectivity index (χ0) is 24.0. The lowest BCUT2D eigenvalue weighted by molar-refractivity contribution is -0.117. The third-order valence-corrected chi connectivity index (χ3v) is 7.33. The lowest BCUT2D eigenvalue weighted by Gasteiger charge is -2.24. The second-order valence-corrected chi connectivity index (χ2v) is 9.42. The van der Waals surface area contributed by atoms with Gasteiger partial charge in [0.1, 0.15) is 16.7 Å². The Morgan fingerprint density at radius 2 is 1.76 bits per heavy atom. The van der Waals surface area contributed by atoms with Crippen LogP contribution in [0.2, 0.25) is 0 Å². The van der Waals surface area contributed by atoms with Gasteiger partial charge in [-0.2, -0.15) is 0 Å². The first-order valence-corrected chi connectivity index (χ1v) is 11.3. The maximum absolute atomic E-state index is 14.9. The van der Waals surface area contributed by atoms with Crippen molar-refractivity contribution in [3.63, 3.8) is 0 Å². The lowest BCUT2D eigenvalue weighted by Crippen LogP contribution is -2.31. The maximum atomic E-state index is 14.9. The summed E-state index contributed by atoms with van der Waals surface area (Å²) in [5.74, 6) is -3.66. The van der Waals surface area contributed by atoms with E-state index >= 15 is 0 Å². The average molecular weight is 488 g/mol. The van der Waals surface area contributed by atoms with E-state index in [-0.39, 0.29) is 26.0 Å². The number of Topliss-reactive ketones (excluding diaryl/α,β-unsaturated/α-hetero) is 1. The maximum Gasteiger partial charge on any atom is 0.350 e. The van der Waals surface area contributed by atoms with Crippen LogP contribution >= 0.6 is 22.7 Å². The molecule has 3 heterocycles. The summed E-state index contributed by atoms with van der Waals surface area (Å²) < 4.78 is 19.7. The zero-order valence-corrected chi connectivity index (χ0v) is 19.6. The summed E-state index contributed by atoms with van der Waals surface area (Å²) in [6.07, 6.45) is 0. The van der Waals surface area contributed by atoms with Gasteiger partial charge < -0.3 is 9.84 Å². The molecule has 2 aromatic heterocycles. The Balaban J connectivity index is 1.91. The van der Waals surface area contributed by atoms with E-state index < -0.39 is 35.3 Å². The van der Waals surface area contributed by atoms with Gasteiger partial charge in [0.15, 0.2) is 10.9 Å². The van der Waals surface area contributed by atoms with Crippen molar-refractivity contribution in [3.8, 4) is 0 Å². The van der Waals surface area contributed by atoms with E-state index in [1.54, 1.807) is 26.8 Å². The number of esters is 1. The number of hydrogen-bond donors (Lipinski definition) is 1. The summed E-state index contributed by atoms with van der Waals surface area (Å²) in [7, 11) is 1.22. The number of aromatic nitrogens is 2. The fourth-order valence-electron chi connectivity index (χ4n) is 3.66. The van der Waals surface area contributed by atoms with E-state index in [1.165, 1.54) is 25.3 Å². The molecule has 33 heavy (non-hydrogen) atoms. The number of rotatable bonds is 5. The van der Waals surface area contributed by atoms with Crippen molar-refractivity contribution >= 4 is 45.5 Å². The molecule has 0 aliphatic carbocycles. The van der Waals surface area contributed by atoms with Gasteiger partial charge in [-0.15, -0.1) is 11.3 Å². The molecule has 0 radical (unpaired) electrons. The minimum atomic E-state index is -1.29. The number of hydrogen-bond acceptors (Lipinski definition) is 9. The molecule has 0 saturated carbocycles. The van der Waals surface area contributed by atoms with E-state index in [0.29, 0.717) is 16.4 Å². The quantitative estimate of drug-likeness (QED) is 0.424. The Morgan fingerprint density at radius 1 is 1.09 bits per heavy atom. The van der Waals surface area contributed by atoms with Crippen LogP contribution in [0.4, 0.5) is 9.52 Å². The van der Waals surface area contributed by atoms with Gasteiger partial charge in [-0.1, -0.05) is 29.5 Å². The number of carbonyl (C=O) groups is 3. The second-order valence-electron chi connectivity index (χ2n) is 7.24. The van der Waals surface area contributed by atoms with Crippen LogP contribution in [0.15, 0.2) is 35.6 Å². The van der Waals surface area contributed by atoms with Crippen molar-refractivity contribution in [3.05, 3.63) is 73.1 Å². The Kier molecular flexibility index (Phi) is 5.85. The molecule has 11 heteroatoms. The fraction of sp³-hybridized carbons (Fsp3) is 0.227. The summed E-state index contributed by atoms with van der Waals surface area (Å²) in [5, 5.41) is 11.4. The molecule has 170 valence electrons. The van der Waals surface area contributed by atoms with E-state index in [1.807, 2.05) is 0 Å². The van der Waals surface area contributed by atoms with Crippen LogP contribution in [0.1, 0.15) is 47.3 Å². The number of benzene rings is 1.